The molecule has 0 N–H and O–H groups in total. The zero-order valence-corrected chi connectivity index (χ0v) is 20.1. The standard InChI is InChI=1S/C28H29N5O2/c1-19-3-4-20(2)33(19)25-13-9-23(10-14-25)28(34)32-17-15-31(16-18-32)24-11-7-21(8-12-24)26-29-27(35-30-26)22-5-6-22/h3-4,7-14,22H,5-6,15-18H2,1-2H3. The molecule has 0 atom stereocenters. The molecule has 1 saturated heterocycles. The van der Waals surface area contributed by atoms with Crippen LogP contribution in [0.5, 0.6) is 0 Å². The second-order valence-corrected chi connectivity index (χ2v) is 9.55. The Morgan fingerprint density at radius 3 is 2.09 bits per heavy atom. The molecule has 1 aliphatic carbocycles. The van der Waals surface area contributed by atoms with Crippen molar-refractivity contribution in [1.82, 2.24) is 19.6 Å². The highest BCUT2D eigenvalue weighted by atomic mass is 16.5. The van der Waals surface area contributed by atoms with Crippen molar-refractivity contribution in [2.45, 2.75) is 32.6 Å². The van der Waals surface area contributed by atoms with Crippen molar-refractivity contribution in [1.29, 1.82) is 0 Å². The first kappa shape index (κ1) is 21.6. The molecular weight excluding hydrogens is 438 g/mol. The molecule has 0 unspecified atom stereocenters. The third kappa shape index (κ3) is 4.22. The van der Waals surface area contributed by atoms with E-state index >= 15 is 0 Å². The fourth-order valence-electron chi connectivity index (χ4n) is 4.85. The van der Waals surface area contributed by atoms with Crippen LogP contribution in [0.3, 0.4) is 0 Å². The number of amides is 1. The van der Waals surface area contributed by atoms with Gasteiger partial charge in [-0.25, -0.2) is 0 Å². The molecule has 0 bridgehead atoms. The Kier molecular flexibility index (Phi) is 5.40. The Balaban J connectivity index is 1.07. The maximum absolute atomic E-state index is 13.1. The topological polar surface area (TPSA) is 67.4 Å². The highest BCUT2D eigenvalue weighted by Gasteiger charge is 2.30. The number of aromatic nitrogens is 3. The van der Waals surface area contributed by atoms with Gasteiger partial charge in [-0.15, -0.1) is 0 Å². The second-order valence-electron chi connectivity index (χ2n) is 9.55. The molecule has 2 aromatic heterocycles. The molecule has 3 heterocycles. The first-order valence-corrected chi connectivity index (χ1v) is 12.3. The van der Waals surface area contributed by atoms with Crippen LogP contribution >= 0.6 is 0 Å². The van der Waals surface area contributed by atoms with Crippen LogP contribution in [0.15, 0.2) is 65.2 Å². The van der Waals surface area contributed by atoms with Crippen LogP contribution in [-0.4, -0.2) is 51.7 Å². The zero-order valence-electron chi connectivity index (χ0n) is 20.1. The van der Waals surface area contributed by atoms with Gasteiger partial charge in [0, 0.05) is 66.0 Å². The molecular formula is C28H29N5O2. The lowest BCUT2D eigenvalue weighted by Gasteiger charge is -2.36. The minimum absolute atomic E-state index is 0.0936. The summed E-state index contributed by atoms with van der Waals surface area (Å²) >= 11 is 0. The van der Waals surface area contributed by atoms with Gasteiger partial charge in [0.05, 0.1) is 0 Å². The van der Waals surface area contributed by atoms with E-state index in [0.717, 1.165) is 54.3 Å². The first-order valence-electron chi connectivity index (χ1n) is 12.3. The van der Waals surface area contributed by atoms with Gasteiger partial charge in [0.1, 0.15) is 0 Å². The Labute approximate surface area is 205 Å². The van der Waals surface area contributed by atoms with Gasteiger partial charge in [-0.1, -0.05) is 5.16 Å². The van der Waals surface area contributed by atoms with Crippen molar-refractivity contribution < 1.29 is 9.32 Å². The molecule has 1 amide bonds. The summed E-state index contributed by atoms with van der Waals surface area (Å²) in [5, 5.41) is 4.13. The molecule has 7 heteroatoms. The van der Waals surface area contributed by atoms with E-state index in [-0.39, 0.29) is 5.91 Å². The molecule has 35 heavy (non-hydrogen) atoms. The van der Waals surface area contributed by atoms with E-state index in [0.29, 0.717) is 24.8 Å². The summed E-state index contributed by atoms with van der Waals surface area (Å²) in [5.74, 6) is 1.97. The monoisotopic (exact) mass is 467 g/mol. The van der Waals surface area contributed by atoms with E-state index in [9.17, 15) is 4.79 Å². The minimum atomic E-state index is 0.0936. The van der Waals surface area contributed by atoms with Crippen LogP contribution in [0.4, 0.5) is 5.69 Å². The summed E-state index contributed by atoms with van der Waals surface area (Å²) in [7, 11) is 0. The predicted molar refractivity (Wildman–Crippen MR) is 135 cm³/mol. The quantitative estimate of drug-likeness (QED) is 0.414. The zero-order chi connectivity index (χ0) is 23.9. The summed E-state index contributed by atoms with van der Waals surface area (Å²) in [6, 6.07) is 20.4. The molecule has 1 saturated carbocycles. The van der Waals surface area contributed by atoms with Crippen LogP contribution in [0, 0.1) is 13.8 Å². The minimum Gasteiger partial charge on any atom is -0.368 e. The smallest absolute Gasteiger partial charge is 0.253 e. The van der Waals surface area contributed by atoms with Gasteiger partial charge in [0.15, 0.2) is 0 Å². The summed E-state index contributed by atoms with van der Waals surface area (Å²) in [6.45, 7) is 7.20. The summed E-state index contributed by atoms with van der Waals surface area (Å²) in [4.78, 5) is 21.9. The number of hydrogen-bond donors (Lipinski definition) is 0. The van der Waals surface area contributed by atoms with Crippen molar-refractivity contribution in [2.75, 3.05) is 31.1 Å². The van der Waals surface area contributed by atoms with E-state index in [2.05, 4.69) is 57.7 Å². The number of rotatable bonds is 5. The van der Waals surface area contributed by atoms with E-state index in [1.165, 1.54) is 11.4 Å². The van der Waals surface area contributed by atoms with E-state index in [1.54, 1.807) is 0 Å². The van der Waals surface area contributed by atoms with Crippen molar-refractivity contribution in [3.8, 4) is 17.1 Å². The lowest BCUT2D eigenvalue weighted by atomic mass is 10.1. The van der Waals surface area contributed by atoms with Crippen LogP contribution < -0.4 is 4.90 Å². The van der Waals surface area contributed by atoms with Gasteiger partial charge in [0.25, 0.3) is 5.91 Å². The lowest BCUT2D eigenvalue weighted by molar-refractivity contribution is 0.0747. The third-order valence-electron chi connectivity index (χ3n) is 7.07. The number of carbonyl (C=O) groups excluding carboxylic acids is 1. The van der Waals surface area contributed by atoms with E-state index in [4.69, 9.17) is 4.52 Å². The molecule has 0 spiro atoms. The normalized spacial score (nSPS) is 16.1. The lowest BCUT2D eigenvalue weighted by Crippen LogP contribution is -2.48. The number of aryl methyl sites for hydroxylation is 2. The van der Waals surface area contributed by atoms with Gasteiger partial charge in [0.2, 0.25) is 11.7 Å². The molecule has 0 radical (unpaired) electrons. The maximum Gasteiger partial charge on any atom is 0.253 e. The van der Waals surface area contributed by atoms with E-state index in [1.807, 2.05) is 41.3 Å². The predicted octanol–water partition coefficient (Wildman–Crippen LogP) is 4.98. The molecule has 7 nitrogen and oxygen atoms in total. The SMILES string of the molecule is Cc1ccc(C)n1-c1ccc(C(=O)N2CCN(c3ccc(-c4noc(C5CC5)n4)cc3)CC2)cc1. The fourth-order valence-corrected chi connectivity index (χ4v) is 4.85. The number of hydrogen-bond acceptors (Lipinski definition) is 5. The van der Waals surface area contributed by atoms with Gasteiger partial charge in [-0.05, 0) is 87.4 Å². The van der Waals surface area contributed by atoms with Gasteiger partial charge >= 0.3 is 0 Å². The summed E-state index contributed by atoms with van der Waals surface area (Å²) in [5.41, 5.74) is 6.30. The fraction of sp³-hybridized carbons (Fsp3) is 0.321. The highest BCUT2D eigenvalue weighted by molar-refractivity contribution is 5.94. The number of carbonyl (C=O) groups is 1. The Morgan fingerprint density at radius 1 is 0.829 bits per heavy atom. The van der Waals surface area contributed by atoms with Gasteiger partial charge in [-0.2, -0.15) is 4.98 Å². The van der Waals surface area contributed by atoms with Crippen LogP contribution in [0.1, 0.15) is 46.4 Å². The Bertz CT molecular complexity index is 1320. The average molecular weight is 468 g/mol. The van der Waals surface area contributed by atoms with Crippen LogP contribution in [0.25, 0.3) is 17.1 Å². The second kappa shape index (κ2) is 8.73. The van der Waals surface area contributed by atoms with Gasteiger partial charge < -0.3 is 18.9 Å². The number of benzene rings is 2. The molecule has 4 aromatic rings. The van der Waals surface area contributed by atoms with Crippen LogP contribution in [-0.2, 0) is 0 Å². The summed E-state index contributed by atoms with van der Waals surface area (Å²) in [6.07, 6.45) is 2.29. The molecule has 2 aliphatic rings. The molecule has 1 aliphatic heterocycles. The first-order chi connectivity index (χ1) is 17.1. The number of nitrogens with zero attached hydrogens (tertiary/aromatic N) is 5. The third-order valence-corrected chi connectivity index (χ3v) is 7.07. The highest BCUT2D eigenvalue weighted by Crippen LogP contribution is 2.39. The average Bonchev–Trinajstić information content (AvgIpc) is 3.54. The van der Waals surface area contributed by atoms with Crippen molar-refractivity contribution in [2.24, 2.45) is 0 Å². The largest absolute Gasteiger partial charge is 0.368 e. The number of anilines is 1. The van der Waals surface area contributed by atoms with Crippen molar-refractivity contribution >= 4 is 11.6 Å². The van der Waals surface area contributed by atoms with Crippen LogP contribution in [0.2, 0.25) is 0 Å². The van der Waals surface area contributed by atoms with E-state index < -0.39 is 0 Å². The van der Waals surface area contributed by atoms with Crippen molar-refractivity contribution in [3.63, 3.8) is 0 Å². The van der Waals surface area contributed by atoms with Gasteiger partial charge in [-0.3, -0.25) is 4.79 Å². The molecule has 6 rings (SSSR count). The molecule has 178 valence electrons. The Hall–Kier alpha value is -3.87. The maximum atomic E-state index is 13.1. The molecule has 2 fully saturated rings. The van der Waals surface area contributed by atoms with Crippen molar-refractivity contribution in [3.05, 3.63) is 83.5 Å². The number of piperazine rings is 1. The Morgan fingerprint density at radius 2 is 1.46 bits per heavy atom. The summed E-state index contributed by atoms with van der Waals surface area (Å²) < 4.78 is 7.58. The molecule has 2 aromatic carbocycles.